The number of para-hydroxylation sites is 4. The van der Waals surface area contributed by atoms with Crippen LogP contribution in [0.25, 0.3) is 60.7 Å². The summed E-state index contributed by atoms with van der Waals surface area (Å²) in [5.74, 6) is 0. The summed E-state index contributed by atoms with van der Waals surface area (Å²) in [6, 6.07) is 63.0. The number of benzene rings is 7. The van der Waals surface area contributed by atoms with Crippen molar-refractivity contribution >= 4 is 83.9 Å². The van der Waals surface area contributed by atoms with Crippen LogP contribution in [0.4, 0.5) is 0 Å². The third-order valence-corrected chi connectivity index (χ3v) is 14.7. The van der Waals surface area contributed by atoms with Crippen LogP contribution >= 0.6 is 0 Å². The van der Waals surface area contributed by atoms with Gasteiger partial charge >= 0.3 is 0 Å². The van der Waals surface area contributed by atoms with E-state index in [1.54, 1.807) is 0 Å². The van der Waals surface area contributed by atoms with Crippen LogP contribution in [0, 0.1) is 0 Å². The Labute approximate surface area is 283 Å². The van der Waals surface area contributed by atoms with Crippen molar-refractivity contribution in [2.75, 3.05) is 0 Å². The van der Waals surface area contributed by atoms with Crippen LogP contribution in [-0.4, -0.2) is 22.6 Å². The van der Waals surface area contributed by atoms with E-state index in [0.29, 0.717) is 5.71 Å². The van der Waals surface area contributed by atoms with E-state index in [0.717, 1.165) is 49.4 Å². The lowest BCUT2D eigenvalue weighted by Gasteiger charge is -2.34. The molecule has 4 nitrogen and oxygen atoms in total. The van der Waals surface area contributed by atoms with Gasteiger partial charge in [0.05, 0.1) is 27.5 Å². The highest BCUT2D eigenvalue weighted by atomic mass is 28.3. The van der Waals surface area contributed by atoms with Gasteiger partial charge in [0.2, 0.25) is 5.71 Å². The van der Waals surface area contributed by atoms with Crippen molar-refractivity contribution in [1.82, 2.24) is 14.5 Å². The van der Waals surface area contributed by atoms with Crippen molar-refractivity contribution in [3.05, 3.63) is 176 Å². The van der Waals surface area contributed by atoms with Crippen molar-refractivity contribution in [3.8, 4) is 5.69 Å². The maximum Gasteiger partial charge on any atom is 0.246 e. The number of rotatable bonds is 5. The average Bonchev–Trinajstić information content (AvgIpc) is 3.70. The molecular weight excluding hydrogens is 615 g/mol. The number of fused-ring (bicyclic) bond motifs is 7. The minimum absolute atomic E-state index is 0.548. The van der Waals surface area contributed by atoms with E-state index in [2.05, 4.69) is 156 Å². The topological polar surface area (TPSA) is 43.9 Å². The Hall–Kier alpha value is -6.30. The summed E-state index contributed by atoms with van der Waals surface area (Å²) in [6.45, 7) is 0. The van der Waals surface area contributed by atoms with Crippen molar-refractivity contribution in [3.63, 3.8) is 0 Å². The molecule has 7 aromatic carbocycles. The third kappa shape index (κ3) is 4.09. The molecule has 49 heavy (non-hydrogen) atoms. The summed E-state index contributed by atoms with van der Waals surface area (Å²) in [5.41, 5.74) is 7.20. The Bertz CT molecular complexity index is 2670. The first kappa shape index (κ1) is 27.8. The second-order valence-corrected chi connectivity index (χ2v) is 16.3. The molecular formula is C44H29N3OSi. The molecule has 0 saturated heterocycles. The van der Waals surface area contributed by atoms with E-state index in [1.165, 1.54) is 26.3 Å². The van der Waals surface area contributed by atoms with E-state index in [1.807, 2.05) is 24.3 Å². The van der Waals surface area contributed by atoms with Crippen molar-refractivity contribution in [2.24, 2.45) is 0 Å². The third-order valence-electron chi connectivity index (χ3n) is 9.93. The predicted octanol–water partition coefficient (Wildman–Crippen LogP) is 8.00. The number of nitrogens with zero attached hydrogens (tertiary/aromatic N) is 3. The fourth-order valence-corrected chi connectivity index (χ4v) is 12.8. The SMILES string of the molecule is c1ccc([Si](c2ccccc2)(c2ccccc2)c2cc(-n3c4ccccc4c4ccccc43)cc3c2oc2nc4ccccc4nc23)cc1. The number of aromatic nitrogens is 3. The largest absolute Gasteiger partial charge is 0.436 e. The Kier molecular flexibility index (Phi) is 6.16. The molecule has 0 bridgehead atoms. The van der Waals surface area contributed by atoms with E-state index < -0.39 is 8.07 Å². The van der Waals surface area contributed by atoms with Crippen LogP contribution in [0.1, 0.15) is 0 Å². The lowest BCUT2D eigenvalue weighted by molar-refractivity contribution is 0.657. The van der Waals surface area contributed by atoms with Crippen molar-refractivity contribution < 1.29 is 4.42 Å². The van der Waals surface area contributed by atoms with Gasteiger partial charge in [-0.25, -0.2) is 9.97 Å². The molecule has 0 amide bonds. The fraction of sp³-hybridized carbons (Fsp3) is 0. The molecule has 0 fully saturated rings. The number of hydrogen-bond donors (Lipinski definition) is 0. The van der Waals surface area contributed by atoms with E-state index in [4.69, 9.17) is 14.4 Å². The normalized spacial score (nSPS) is 12.1. The second kappa shape index (κ2) is 10.9. The van der Waals surface area contributed by atoms with E-state index in [9.17, 15) is 0 Å². The standard InChI is InChI=1S/C44H29N3OSi/c1-4-16-31(17-5-1)49(32-18-6-2-7-19-32,33-20-8-3-9-21-33)41-29-30(47-39-26-14-10-22-34(39)35-23-11-15-27-40(35)47)28-36-42-44(48-43(36)41)46-38-25-13-12-24-37(38)45-42/h1-29H. The smallest absolute Gasteiger partial charge is 0.246 e. The van der Waals surface area contributed by atoms with Crippen LogP contribution in [0.5, 0.6) is 0 Å². The monoisotopic (exact) mass is 643 g/mol. The van der Waals surface area contributed by atoms with Gasteiger partial charge in [-0.3, -0.25) is 0 Å². The first-order valence-electron chi connectivity index (χ1n) is 16.6. The van der Waals surface area contributed by atoms with E-state index >= 15 is 0 Å². The highest BCUT2D eigenvalue weighted by Gasteiger charge is 2.44. The first-order valence-corrected chi connectivity index (χ1v) is 18.6. The van der Waals surface area contributed by atoms with Gasteiger partial charge in [0, 0.05) is 16.5 Å². The van der Waals surface area contributed by atoms with Gasteiger partial charge in [-0.1, -0.05) is 140 Å². The Morgan fingerprint density at radius 3 is 1.47 bits per heavy atom. The first-order chi connectivity index (χ1) is 24.3. The molecule has 0 aliphatic rings. The van der Waals surface area contributed by atoms with Crippen LogP contribution < -0.4 is 20.7 Å². The number of hydrogen-bond acceptors (Lipinski definition) is 3. The predicted molar refractivity (Wildman–Crippen MR) is 205 cm³/mol. The summed E-state index contributed by atoms with van der Waals surface area (Å²) in [4.78, 5) is 10.2. The van der Waals surface area contributed by atoms with Crippen LogP contribution in [-0.2, 0) is 0 Å². The summed E-state index contributed by atoms with van der Waals surface area (Å²) in [6.07, 6.45) is 0. The molecule has 0 aliphatic heterocycles. The highest BCUT2D eigenvalue weighted by Crippen LogP contribution is 2.35. The summed E-state index contributed by atoms with van der Waals surface area (Å²) in [5, 5.41) is 8.40. The quantitative estimate of drug-likeness (QED) is 0.141. The molecule has 10 rings (SSSR count). The van der Waals surface area contributed by atoms with Gasteiger partial charge < -0.3 is 8.98 Å². The van der Waals surface area contributed by atoms with Crippen LogP contribution in [0.2, 0.25) is 0 Å². The average molecular weight is 644 g/mol. The molecule has 3 aromatic heterocycles. The summed E-state index contributed by atoms with van der Waals surface area (Å²) >= 11 is 0. The molecule has 0 saturated carbocycles. The van der Waals surface area contributed by atoms with Gasteiger partial charge in [-0.05, 0) is 57.1 Å². The molecule has 5 heteroatoms. The zero-order valence-corrected chi connectivity index (χ0v) is 27.5. The fourth-order valence-electron chi connectivity index (χ4n) is 7.87. The molecule has 0 spiro atoms. The molecule has 0 N–H and O–H groups in total. The second-order valence-electron chi connectivity index (χ2n) is 12.6. The summed E-state index contributed by atoms with van der Waals surface area (Å²) < 4.78 is 9.37. The number of furan rings is 1. The van der Waals surface area contributed by atoms with Gasteiger partial charge in [-0.2, -0.15) is 0 Å². The van der Waals surface area contributed by atoms with Gasteiger partial charge in [0.25, 0.3) is 0 Å². The van der Waals surface area contributed by atoms with Crippen LogP contribution in [0.15, 0.2) is 180 Å². The zero-order valence-electron chi connectivity index (χ0n) is 26.5. The molecule has 10 aromatic rings. The van der Waals surface area contributed by atoms with Gasteiger partial charge in [-0.15, -0.1) is 0 Å². The molecule has 3 heterocycles. The molecule has 0 unspecified atom stereocenters. The maximum absolute atomic E-state index is 6.96. The lowest BCUT2D eigenvalue weighted by Crippen LogP contribution is -2.74. The summed E-state index contributed by atoms with van der Waals surface area (Å²) in [7, 11) is -3.03. The van der Waals surface area contributed by atoms with Gasteiger partial charge in [0.15, 0.2) is 8.07 Å². The minimum Gasteiger partial charge on any atom is -0.436 e. The highest BCUT2D eigenvalue weighted by molar-refractivity contribution is 7.20. The van der Waals surface area contributed by atoms with Gasteiger partial charge in [0.1, 0.15) is 11.1 Å². The van der Waals surface area contributed by atoms with Crippen molar-refractivity contribution in [2.45, 2.75) is 0 Å². The minimum atomic E-state index is -3.03. The van der Waals surface area contributed by atoms with Crippen molar-refractivity contribution in [1.29, 1.82) is 0 Å². The Balaban J connectivity index is 1.44. The van der Waals surface area contributed by atoms with Crippen LogP contribution in [0.3, 0.4) is 0 Å². The Morgan fingerprint density at radius 1 is 0.449 bits per heavy atom. The molecule has 0 radical (unpaired) electrons. The molecule has 0 aliphatic carbocycles. The molecule has 230 valence electrons. The lowest BCUT2D eigenvalue weighted by atomic mass is 10.2. The molecule has 0 atom stereocenters. The maximum atomic E-state index is 6.96. The zero-order chi connectivity index (χ0) is 32.4. The Morgan fingerprint density at radius 2 is 0.918 bits per heavy atom. The van der Waals surface area contributed by atoms with E-state index in [-0.39, 0.29) is 0 Å².